The number of unbranched alkanes of at least 4 members (excludes halogenated alkanes) is 3. The Morgan fingerprint density at radius 3 is 2.62 bits per heavy atom. The number of nitrogens with zero attached hydrogens (tertiary/aromatic N) is 2. The van der Waals surface area contributed by atoms with Crippen LogP contribution in [0.15, 0.2) is 6.20 Å². The summed E-state index contributed by atoms with van der Waals surface area (Å²) >= 11 is 0. The van der Waals surface area contributed by atoms with Gasteiger partial charge in [0.2, 0.25) is 0 Å². The van der Waals surface area contributed by atoms with Crippen molar-refractivity contribution in [2.24, 2.45) is 7.05 Å². The molecular formula is C18H29N3O3. The lowest BCUT2D eigenvalue weighted by molar-refractivity contribution is -0.137. The van der Waals surface area contributed by atoms with Gasteiger partial charge in [0, 0.05) is 32.1 Å². The van der Waals surface area contributed by atoms with Crippen molar-refractivity contribution in [2.45, 2.75) is 70.1 Å². The molecule has 1 aromatic heterocycles. The fourth-order valence-electron chi connectivity index (χ4n) is 3.41. The van der Waals surface area contributed by atoms with E-state index in [1.54, 1.807) is 4.68 Å². The first kappa shape index (κ1) is 18.5. The summed E-state index contributed by atoms with van der Waals surface area (Å²) in [7, 11) is 1.87. The standard InChI is InChI=1S/C18H29N3O3/c1-21-13-15(17(20-21)14-9-5-4-6-10-14)18(24)19-12-8-3-2-7-11-16(22)23/h13-14H,2-12H2,1H3,(H,19,24)(H,22,23). The highest BCUT2D eigenvalue weighted by Crippen LogP contribution is 2.33. The number of carbonyl (C=O) groups is 2. The third-order valence-electron chi connectivity index (χ3n) is 4.70. The minimum atomic E-state index is -0.741. The highest BCUT2D eigenvalue weighted by molar-refractivity contribution is 5.95. The van der Waals surface area contributed by atoms with Gasteiger partial charge in [-0.25, -0.2) is 0 Å². The zero-order valence-electron chi connectivity index (χ0n) is 14.6. The fourth-order valence-corrected chi connectivity index (χ4v) is 3.41. The van der Waals surface area contributed by atoms with E-state index in [-0.39, 0.29) is 12.3 Å². The SMILES string of the molecule is Cn1cc(C(=O)NCCCCCCC(=O)O)c(C2CCCCC2)n1. The number of carbonyl (C=O) groups excluding carboxylic acids is 1. The molecular weight excluding hydrogens is 306 g/mol. The number of rotatable bonds is 9. The Labute approximate surface area is 143 Å². The number of aryl methyl sites for hydroxylation is 1. The summed E-state index contributed by atoms with van der Waals surface area (Å²) in [5.74, 6) is -0.360. The van der Waals surface area contributed by atoms with Gasteiger partial charge in [-0.1, -0.05) is 32.1 Å². The van der Waals surface area contributed by atoms with Crippen LogP contribution in [-0.4, -0.2) is 33.3 Å². The molecule has 24 heavy (non-hydrogen) atoms. The minimum absolute atomic E-state index is 0.0331. The van der Waals surface area contributed by atoms with Crippen molar-refractivity contribution < 1.29 is 14.7 Å². The number of aliphatic carboxylic acids is 1. The van der Waals surface area contributed by atoms with Crippen molar-refractivity contribution in [1.82, 2.24) is 15.1 Å². The van der Waals surface area contributed by atoms with Gasteiger partial charge in [-0.05, 0) is 25.7 Å². The molecule has 1 aliphatic rings. The average Bonchev–Trinajstić information content (AvgIpc) is 2.96. The van der Waals surface area contributed by atoms with Crippen LogP contribution in [0.3, 0.4) is 0 Å². The van der Waals surface area contributed by atoms with Crippen molar-refractivity contribution >= 4 is 11.9 Å². The minimum Gasteiger partial charge on any atom is -0.481 e. The Morgan fingerprint density at radius 2 is 1.92 bits per heavy atom. The van der Waals surface area contributed by atoms with Gasteiger partial charge in [-0.3, -0.25) is 14.3 Å². The van der Waals surface area contributed by atoms with E-state index >= 15 is 0 Å². The van der Waals surface area contributed by atoms with Crippen molar-refractivity contribution in [2.75, 3.05) is 6.54 Å². The maximum absolute atomic E-state index is 12.5. The predicted molar refractivity (Wildman–Crippen MR) is 92.1 cm³/mol. The number of carboxylic acids is 1. The summed E-state index contributed by atoms with van der Waals surface area (Å²) in [5.41, 5.74) is 1.67. The molecule has 0 saturated heterocycles. The van der Waals surface area contributed by atoms with E-state index in [0.717, 1.165) is 43.4 Å². The van der Waals surface area contributed by atoms with Crippen LogP contribution in [0, 0.1) is 0 Å². The maximum atomic E-state index is 12.5. The first-order chi connectivity index (χ1) is 11.6. The van der Waals surface area contributed by atoms with E-state index in [1.165, 1.54) is 19.3 Å². The van der Waals surface area contributed by atoms with E-state index < -0.39 is 5.97 Å². The topological polar surface area (TPSA) is 84.2 Å². The zero-order chi connectivity index (χ0) is 17.4. The second-order valence-electron chi connectivity index (χ2n) is 6.75. The van der Waals surface area contributed by atoms with Crippen molar-refractivity contribution in [3.63, 3.8) is 0 Å². The molecule has 6 heteroatoms. The first-order valence-electron chi connectivity index (χ1n) is 9.11. The van der Waals surface area contributed by atoms with E-state index in [0.29, 0.717) is 18.9 Å². The lowest BCUT2D eigenvalue weighted by Crippen LogP contribution is -2.25. The first-order valence-corrected chi connectivity index (χ1v) is 9.11. The zero-order valence-corrected chi connectivity index (χ0v) is 14.6. The fraction of sp³-hybridized carbons (Fsp3) is 0.722. The molecule has 0 spiro atoms. The Kier molecular flexibility index (Phi) is 7.28. The van der Waals surface area contributed by atoms with Gasteiger partial charge in [0.25, 0.3) is 5.91 Å². The quantitative estimate of drug-likeness (QED) is 0.679. The lowest BCUT2D eigenvalue weighted by Gasteiger charge is -2.20. The van der Waals surface area contributed by atoms with Gasteiger partial charge in [-0.2, -0.15) is 5.10 Å². The van der Waals surface area contributed by atoms with Crippen LogP contribution in [0.4, 0.5) is 0 Å². The number of nitrogens with one attached hydrogen (secondary N) is 1. The van der Waals surface area contributed by atoms with Crippen LogP contribution in [0.5, 0.6) is 0 Å². The maximum Gasteiger partial charge on any atom is 0.303 e. The van der Waals surface area contributed by atoms with Crippen LogP contribution >= 0.6 is 0 Å². The Bertz CT molecular complexity index is 548. The lowest BCUT2D eigenvalue weighted by atomic mass is 9.85. The molecule has 0 radical (unpaired) electrons. The molecule has 134 valence electrons. The molecule has 1 amide bonds. The van der Waals surface area contributed by atoms with Crippen LogP contribution in [0.25, 0.3) is 0 Å². The number of hydrogen-bond donors (Lipinski definition) is 2. The summed E-state index contributed by atoms with van der Waals surface area (Å²) in [6.45, 7) is 0.630. The molecule has 1 heterocycles. The Morgan fingerprint density at radius 1 is 1.21 bits per heavy atom. The van der Waals surface area contributed by atoms with E-state index in [9.17, 15) is 9.59 Å². The van der Waals surface area contributed by atoms with E-state index in [2.05, 4.69) is 10.4 Å². The predicted octanol–water partition coefficient (Wildman–Crippen LogP) is 3.23. The monoisotopic (exact) mass is 335 g/mol. The molecule has 0 unspecified atom stereocenters. The molecule has 1 aromatic rings. The molecule has 0 bridgehead atoms. The molecule has 1 saturated carbocycles. The Balaban J connectivity index is 1.77. The third-order valence-corrected chi connectivity index (χ3v) is 4.70. The van der Waals surface area contributed by atoms with Crippen LogP contribution < -0.4 is 5.32 Å². The normalized spacial score (nSPS) is 15.4. The second-order valence-corrected chi connectivity index (χ2v) is 6.75. The molecule has 0 aromatic carbocycles. The highest BCUT2D eigenvalue weighted by atomic mass is 16.4. The molecule has 6 nitrogen and oxygen atoms in total. The number of carboxylic acid groups (broad SMARTS) is 1. The molecule has 2 rings (SSSR count). The van der Waals surface area contributed by atoms with Crippen LogP contribution in [0.1, 0.15) is 86.2 Å². The third kappa shape index (κ3) is 5.65. The largest absolute Gasteiger partial charge is 0.481 e. The van der Waals surface area contributed by atoms with Crippen molar-refractivity contribution in [3.8, 4) is 0 Å². The average molecular weight is 335 g/mol. The van der Waals surface area contributed by atoms with Crippen LogP contribution in [0.2, 0.25) is 0 Å². The molecule has 1 fully saturated rings. The van der Waals surface area contributed by atoms with Gasteiger partial charge >= 0.3 is 5.97 Å². The molecule has 1 aliphatic carbocycles. The van der Waals surface area contributed by atoms with Gasteiger partial charge in [0.1, 0.15) is 0 Å². The van der Waals surface area contributed by atoms with Crippen molar-refractivity contribution in [1.29, 1.82) is 0 Å². The van der Waals surface area contributed by atoms with Gasteiger partial charge in [0.15, 0.2) is 0 Å². The van der Waals surface area contributed by atoms with Gasteiger partial charge in [0.05, 0.1) is 11.3 Å². The summed E-state index contributed by atoms with van der Waals surface area (Å²) < 4.78 is 1.74. The highest BCUT2D eigenvalue weighted by Gasteiger charge is 2.24. The second kappa shape index (κ2) is 9.45. The van der Waals surface area contributed by atoms with Gasteiger partial charge < -0.3 is 10.4 Å². The summed E-state index contributed by atoms with van der Waals surface area (Å²) in [5, 5.41) is 16.1. The number of amides is 1. The number of aromatic nitrogens is 2. The van der Waals surface area contributed by atoms with E-state index in [1.807, 2.05) is 13.2 Å². The molecule has 2 N–H and O–H groups in total. The smallest absolute Gasteiger partial charge is 0.303 e. The Hall–Kier alpha value is -1.85. The molecule has 0 aliphatic heterocycles. The summed E-state index contributed by atoms with van der Waals surface area (Å²) in [4.78, 5) is 22.9. The van der Waals surface area contributed by atoms with Crippen LogP contribution in [-0.2, 0) is 11.8 Å². The number of hydrogen-bond acceptors (Lipinski definition) is 3. The molecule has 0 atom stereocenters. The summed E-state index contributed by atoms with van der Waals surface area (Å²) in [6.07, 6.45) is 11.4. The van der Waals surface area contributed by atoms with Gasteiger partial charge in [-0.15, -0.1) is 0 Å². The van der Waals surface area contributed by atoms with E-state index in [4.69, 9.17) is 5.11 Å². The summed E-state index contributed by atoms with van der Waals surface area (Å²) in [6, 6.07) is 0. The van der Waals surface area contributed by atoms with Crippen molar-refractivity contribution in [3.05, 3.63) is 17.5 Å².